The van der Waals surface area contributed by atoms with Gasteiger partial charge in [-0.25, -0.2) is 0 Å². The summed E-state index contributed by atoms with van der Waals surface area (Å²) in [6.07, 6.45) is 8.57. The molecule has 0 spiro atoms. The average Bonchev–Trinajstić information content (AvgIpc) is 2.19. The van der Waals surface area contributed by atoms with Gasteiger partial charge >= 0.3 is 0 Å². The van der Waals surface area contributed by atoms with Crippen molar-refractivity contribution in [3.8, 4) is 0 Å². The topological polar surface area (TPSA) is 15.3 Å². The van der Waals surface area contributed by atoms with E-state index in [4.69, 9.17) is 0 Å². The summed E-state index contributed by atoms with van der Waals surface area (Å²) in [5.41, 5.74) is 0. The Labute approximate surface area is 89.1 Å². The third-order valence-electron chi connectivity index (χ3n) is 3.55. The summed E-state index contributed by atoms with van der Waals surface area (Å²) in [6, 6.07) is 0.794. The first kappa shape index (κ1) is 12.0. The van der Waals surface area contributed by atoms with Gasteiger partial charge in [0.05, 0.1) is 0 Å². The molecule has 1 N–H and O–H groups in total. The van der Waals surface area contributed by atoms with E-state index < -0.39 is 0 Å². The Bertz CT molecular complexity index is 139. The molecule has 1 fully saturated rings. The highest BCUT2D eigenvalue weighted by Gasteiger charge is 2.24. The van der Waals surface area contributed by atoms with Crippen LogP contribution in [0.15, 0.2) is 0 Å². The number of nitrogens with zero attached hydrogens (tertiary/aromatic N) is 1. The van der Waals surface area contributed by atoms with Gasteiger partial charge in [0.2, 0.25) is 0 Å². The van der Waals surface area contributed by atoms with Gasteiger partial charge in [-0.1, -0.05) is 19.3 Å². The van der Waals surface area contributed by atoms with E-state index in [1.807, 2.05) is 7.05 Å². The van der Waals surface area contributed by atoms with Crippen LogP contribution in [0, 0.1) is 5.92 Å². The molecule has 14 heavy (non-hydrogen) atoms. The minimum absolute atomic E-state index is 0.794. The minimum atomic E-state index is 0.794. The minimum Gasteiger partial charge on any atom is -0.320 e. The van der Waals surface area contributed by atoms with Crippen LogP contribution in [-0.4, -0.2) is 38.6 Å². The molecule has 0 aromatic heterocycles. The molecular formula is C12H26N2. The summed E-state index contributed by atoms with van der Waals surface area (Å²) >= 11 is 0. The van der Waals surface area contributed by atoms with E-state index in [1.165, 1.54) is 38.5 Å². The summed E-state index contributed by atoms with van der Waals surface area (Å²) in [4.78, 5) is 2.42. The van der Waals surface area contributed by atoms with E-state index in [0.717, 1.165) is 18.5 Å². The van der Waals surface area contributed by atoms with Gasteiger partial charge in [-0.2, -0.15) is 0 Å². The summed E-state index contributed by atoms with van der Waals surface area (Å²) in [5, 5.41) is 3.27. The Morgan fingerprint density at radius 1 is 1.21 bits per heavy atom. The quantitative estimate of drug-likeness (QED) is 0.728. The molecule has 1 aliphatic rings. The third kappa shape index (κ3) is 3.58. The molecule has 0 aliphatic heterocycles. The Balaban J connectivity index is 2.39. The lowest BCUT2D eigenvalue weighted by molar-refractivity contribution is 0.160. The fourth-order valence-electron chi connectivity index (χ4n) is 2.73. The van der Waals surface area contributed by atoms with Crippen molar-refractivity contribution in [3.63, 3.8) is 0 Å². The van der Waals surface area contributed by atoms with Gasteiger partial charge in [0.25, 0.3) is 0 Å². The predicted molar refractivity (Wildman–Crippen MR) is 62.6 cm³/mol. The summed E-state index contributed by atoms with van der Waals surface area (Å²) in [6.45, 7) is 1.15. The van der Waals surface area contributed by atoms with E-state index >= 15 is 0 Å². The van der Waals surface area contributed by atoms with Gasteiger partial charge < -0.3 is 10.2 Å². The molecule has 1 aliphatic carbocycles. The second-order valence-electron chi connectivity index (χ2n) is 4.82. The maximum absolute atomic E-state index is 3.27. The highest BCUT2D eigenvalue weighted by atomic mass is 15.1. The number of hydrogen-bond acceptors (Lipinski definition) is 2. The molecule has 1 unspecified atom stereocenters. The van der Waals surface area contributed by atoms with Crippen LogP contribution in [0.1, 0.15) is 38.5 Å². The Morgan fingerprint density at radius 3 is 2.36 bits per heavy atom. The molecular weight excluding hydrogens is 172 g/mol. The molecule has 1 atom stereocenters. The molecule has 1 saturated carbocycles. The lowest BCUT2D eigenvalue weighted by Gasteiger charge is -2.34. The highest BCUT2D eigenvalue weighted by Crippen LogP contribution is 2.29. The first-order valence-electron chi connectivity index (χ1n) is 6.06. The maximum Gasteiger partial charge on any atom is 0.0129 e. The zero-order chi connectivity index (χ0) is 10.4. The molecule has 2 heteroatoms. The zero-order valence-corrected chi connectivity index (χ0v) is 10.1. The molecule has 2 nitrogen and oxygen atoms in total. The molecule has 1 rings (SSSR count). The molecule has 0 amide bonds. The van der Waals surface area contributed by atoms with E-state index in [2.05, 4.69) is 24.3 Å². The molecule has 0 aromatic rings. The van der Waals surface area contributed by atoms with Gasteiger partial charge in [-0.15, -0.1) is 0 Å². The lowest BCUT2D eigenvalue weighted by atomic mass is 9.82. The van der Waals surface area contributed by atoms with E-state index in [0.29, 0.717) is 0 Å². The second kappa shape index (κ2) is 6.41. The molecule has 0 saturated heterocycles. The van der Waals surface area contributed by atoms with Crippen molar-refractivity contribution < 1.29 is 0 Å². The fraction of sp³-hybridized carbons (Fsp3) is 1.00. The van der Waals surface area contributed by atoms with E-state index in [1.54, 1.807) is 0 Å². The second-order valence-corrected chi connectivity index (χ2v) is 4.82. The van der Waals surface area contributed by atoms with Crippen LogP contribution < -0.4 is 5.32 Å². The van der Waals surface area contributed by atoms with Crippen molar-refractivity contribution >= 4 is 0 Å². The van der Waals surface area contributed by atoms with Gasteiger partial charge in [-0.3, -0.25) is 0 Å². The van der Waals surface area contributed by atoms with Crippen LogP contribution in [0.25, 0.3) is 0 Å². The SMILES string of the molecule is CNCCC(C1CCCCC1)N(C)C. The van der Waals surface area contributed by atoms with Gasteiger partial charge in [-0.05, 0) is 52.9 Å². The van der Waals surface area contributed by atoms with Crippen LogP contribution in [-0.2, 0) is 0 Å². The summed E-state index contributed by atoms with van der Waals surface area (Å²) in [5.74, 6) is 0.951. The molecule has 0 aromatic carbocycles. The van der Waals surface area contributed by atoms with Crippen LogP contribution in [0.2, 0.25) is 0 Å². The fourth-order valence-corrected chi connectivity index (χ4v) is 2.73. The van der Waals surface area contributed by atoms with Crippen LogP contribution >= 0.6 is 0 Å². The predicted octanol–water partition coefficient (Wildman–Crippen LogP) is 2.11. The van der Waals surface area contributed by atoms with Crippen molar-refractivity contribution in [2.45, 2.75) is 44.6 Å². The summed E-state index contributed by atoms with van der Waals surface area (Å²) in [7, 11) is 6.51. The highest BCUT2D eigenvalue weighted by molar-refractivity contribution is 4.79. The van der Waals surface area contributed by atoms with Gasteiger partial charge in [0, 0.05) is 6.04 Å². The number of rotatable bonds is 5. The first-order valence-corrected chi connectivity index (χ1v) is 6.06. The van der Waals surface area contributed by atoms with Crippen LogP contribution in [0.3, 0.4) is 0 Å². The van der Waals surface area contributed by atoms with Crippen LogP contribution in [0.4, 0.5) is 0 Å². The van der Waals surface area contributed by atoms with Crippen molar-refractivity contribution in [2.75, 3.05) is 27.7 Å². The van der Waals surface area contributed by atoms with Gasteiger partial charge in [0.15, 0.2) is 0 Å². The van der Waals surface area contributed by atoms with Gasteiger partial charge in [0.1, 0.15) is 0 Å². The monoisotopic (exact) mass is 198 g/mol. The van der Waals surface area contributed by atoms with Crippen molar-refractivity contribution in [1.82, 2.24) is 10.2 Å². The largest absolute Gasteiger partial charge is 0.320 e. The van der Waals surface area contributed by atoms with Crippen molar-refractivity contribution in [1.29, 1.82) is 0 Å². The average molecular weight is 198 g/mol. The lowest BCUT2D eigenvalue weighted by Crippen LogP contribution is -2.38. The molecule has 0 heterocycles. The molecule has 0 bridgehead atoms. The Morgan fingerprint density at radius 2 is 1.86 bits per heavy atom. The Hall–Kier alpha value is -0.0800. The molecule has 84 valence electrons. The van der Waals surface area contributed by atoms with E-state index in [9.17, 15) is 0 Å². The smallest absolute Gasteiger partial charge is 0.0129 e. The molecule has 0 radical (unpaired) electrons. The summed E-state index contributed by atoms with van der Waals surface area (Å²) < 4.78 is 0. The zero-order valence-electron chi connectivity index (χ0n) is 10.1. The standard InChI is InChI=1S/C12H26N2/c1-13-10-9-12(14(2)3)11-7-5-4-6-8-11/h11-13H,4-10H2,1-3H3. The van der Waals surface area contributed by atoms with Crippen LogP contribution in [0.5, 0.6) is 0 Å². The number of nitrogens with one attached hydrogen (secondary N) is 1. The van der Waals surface area contributed by atoms with Crippen molar-refractivity contribution in [3.05, 3.63) is 0 Å². The van der Waals surface area contributed by atoms with Crippen molar-refractivity contribution in [2.24, 2.45) is 5.92 Å². The normalized spacial score (nSPS) is 21.4. The number of hydrogen-bond donors (Lipinski definition) is 1. The first-order chi connectivity index (χ1) is 6.75. The van der Waals surface area contributed by atoms with E-state index in [-0.39, 0.29) is 0 Å². The Kier molecular flexibility index (Phi) is 5.49. The maximum atomic E-state index is 3.27. The third-order valence-corrected chi connectivity index (χ3v) is 3.55.